The number of amides is 1. The first-order valence-corrected chi connectivity index (χ1v) is 10.5. The number of nitrogens with zero attached hydrogens (tertiary/aromatic N) is 1. The number of piperidine rings is 1. The number of ether oxygens (including phenoxy) is 1. The highest BCUT2D eigenvalue weighted by molar-refractivity contribution is 5.68. The molecule has 5 heteroatoms. The molecule has 2 fully saturated rings. The molecule has 0 aromatic heterocycles. The topological polar surface area (TPSA) is 67.6 Å². The third kappa shape index (κ3) is 6.82. The Morgan fingerprint density at radius 1 is 1.35 bits per heavy atom. The standard InChI is InChI=1S/C21H39N3O2/c1-5-7-16-10-11-24(15-22)19(13-16)14-17-8-6-9-18(12-17)23-20(25)26-21(2,3)4/h14,16-18H,5-13,15,22H2,1-4H3,(H,23,25)/b19-14-/t16?,17-,18+/m0/s1. The number of likely N-dealkylation sites (tertiary alicyclic amines) is 1. The molecule has 1 unspecified atom stereocenters. The van der Waals surface area contributed by atoms with E-state index < -0.39 is 5.60 Å². The van der Waals surface area contributed by atoms with Crippen molar-refractivity contribution in [3.8, 4) is 0 Å². The van der Waals surface area contributed by atoms with E-state index in [1.807, 2.05) is 20.8 Å². The average molecular weight is 366 g/mol. The van der Waals surface area contributed by atoms with Gasteiger partial charge in [-0.15, -0.1) is 0 Å². The highest BCUT2D eigenvalue weighted by Crippen LogP contribution is 2.33. The van der Waals surface area contributed by atoms with Crippen molar-refractivity contribution in [1.82, 2.24) is 10.2 Å². The number of rotatable bonds is 5. The second-order valence-corrected chi connectivity index (χ2v) is 9.02. The summed E-state index contributed by atoms with van der Waals surface area (Å²) in [5.41, 5.74) is 6.97. The quantitative estimate of drug-likeness (QED) is 0.758. The Labute approximate surface area is 159 Å². The fourth-order valence-corrected chi connectivity index (χ4v) is 4.30. The first-order valence-electron chi connectivity index (χ1n) is 10.5. The lowest BCUT2D eigenvalue weighted by atomic mass is 9.83. The van der Waals surface area contributed by atoms with Crippen LogP contribution in [-0.4, -0.2) is 35.8 Å². The zero-order valence-corrected chi connectivity index (χ0v) is 17.2. The molecular weight excluding hydrogens is 326 g/mol. The minimum atomic E-state index is -0.446. The number of hydrogen-bond donors (Lipinski definition) is 2. The maximum Gasteiger partial charge on any atom is 0.407 e. The van der Waals surface area contributed by atoms with Crippen molar-refractivity contribution in [3.63, 3.8) is 0 Å². The van der Waals surface area contributed by atoms with Gasteiger partial charge in [0.15, 0.2) is 0 Å². The molecule has 2 aliphatic rings. The maximum atomic E-state index is 12.1. The van der Waals surface area contributed by atoms with Crippen molar-refractivity contribution < 1.29 is 9.53 Å². The normalized spacial score (nSPS) is 28.9. The largest absolute Gasteiger partial charge is 0.444 e. The van der Waals surface area contributed by atoms with Gasteiger partial charge in [0.2, 0.25) is 0 Å². The zero-order valence-electron chi connectivity index (χ0n) is 17.2. The Bertz CT molecular complexity index is 484. The summed E-state index contributed by atoms with van der Waals surface area (Å²) < 4.78 is 5.41. The van der Waals surface area contributed by atoms with E-state index in [1.165, 1.54) is 31.4 Å². The molecule has 1 aliphatic carbocycles. The lowest BCUT2D eigenvalue weighted by Crippen LogP contribution is -2.41. The molecule has 0 radical (unpaired) electrons. The smallest absolute Gasteiger partial charge is 0.407 e. The Kier molecular flexibility index (Phi) is 7.81. The highest BCUT2D eigenvalue weighted by Gasteiger charge is 2.27. The summed E-state index contributed by atoms with van der Waals surface area (Å²) in [5.74, 6) is 1.32. The monoisotopic (exact) mass is 365 g/mol. The van der Waals surface area contributed by atoms with Crippen molar-refractivity contribution in [2.24, 2.45) is 17.6 Å². The van der Waals surface area contributed by atoms with Crippen LogP contribution < -0.4 is 11.1 Å². The van der Waals surface area contributed by atoms with Gasteiger partial charge in [-0.05, 0) is 64.7 Å². The van der Waals surface area contributed by atoms with Gasteiger partial charge in [-0.3, -0.25) is 0 Å². The number of alkyl carbamates (subject to hydrolysis) is 1. The molecule has 0 bridgehead atoms. The zero-order chi connectivity index (χ0) is 19.2. The number of nitrogens with two attached hydrogens (primary N) is 1. The van der Waals surface area contributed by atoms with Gasteiger partial charge in [0.05, 0.1) is 6.67 Å². The second kappa shape index (κ2) is 9.63. The summed E-state index contributed by atoms with van der Waals surface area (Å²) >= 11 is 0. The lowest BCUT2D eigenvalue weighted by molar-refractivity contribution is 0.0488. The summed E-state index contributed by atoms with van der Waals surface area (Å²) in [6, 6.07) is 0.210. The van der Waals surface area contributed by atoms with Crippen molar-refractivity contribution >= 4 is 6.09 Å². The molecule has 1 amide bonds. The second-order valence-electron chi connectivity index (χ2n) is 9.02. The Hall–Kier alpha value is -1.23. The number of hydrogen-bond acceptors (Lipinski definition) is 4. The fourth-order valence-electron chi connectivity index (χ4n) is 4.30. The van der Waals surface area contributed by atoms with Gasteiger partial charge < -0.3 is 20.7 Å². The van der Waals surface area contributed by atoms with Crippen molar-refractivity contribution in [1.29, 1.82) is 0 Å². The Balaban J connectivity index is 1.94. The van der Waals surface area contributed by atoms with E-state index in [0.29, 0.717) is 12.6 Å². The highest BCUT2D eigenvalue weighted by atomic mass is 16.6. The summed E-state index contributed by atoms with van der Waals surface area (Å²) in [6.45, 7) is 9.66. The molecular formula is C21H39N3O2. The number of carbonyl (C=O) groups is 1. The van der Waals surface area contributed by atoms with Crippen LogP contribution in [0.3, 0.4) is 0 Å². The molecule has 3 N–H and O–H groups in total. The van der Waals surface area contributed by atoms with Gasteiger partial charge in [0.25, 0.3) is 0 Å². The summed E-state index contributed by atoms with van der Waals surface area (Å²) in [4.78, 5) is 14.4. The van der Waals surface area contributed by atoms with Crippen LogP contribution in [0.4, 0.5) is 4.79 Å². The van der Waals surface area contributed by atoms with E-state index in [2.05, 4.69) is 23.2 Å². The first kappa shape index (κ1) is 21.1. The van der Waals surface area contributed by atoms with Crippen LogP contribution in [0.5, 0.6) is 0 Å². The van der Waals surface area contributed by atoms with Gasteiger partial charge >= 0.3 is 6.09 Å². The van der Waals surface area contributed by atoms with Crippen molar-refractivity contribution in [2.45, 2.75) is 90.7 Å². The molecule has 1 heterocycles. The molecule has 5 nitrogen and oxygen atoms in total. The van der Waals surface area contributed by atoms with E-state index in [9.17, 15) is 4.79 Å². The van der Waals surface area contributed by atoms with E-state index in [4.69, 9.17) is 10.5 Å². The Morgan fingerprint density at radius 2 is 2.12 bits per heavy atom. The van der Waals surface area contributed by atoms with E-state index in [1.54, 1.807) is 0 Å². The fraction of sp³-hybridized carbons (Fsp3) is 0.857. The summed E-state index contributed by atoms with van der Waals surface area (Å²) in [7, 11) is 0. The molecule has 0 aromatic carbocycles. The van der Waals surface area contributed by atoms with Crippen LogP contribution in [0.2, 0.25) is 0 Å². The maximum absolute atomic E-state index is 12.1. The summed E-state index contributed by atoms with van der Waals surface area (Å²) in [6.07, 6.45) is 11.5. The van der Waals surface area contributed by atoms with Gasteiger partial charge in [-0.1, -0.05) is 32.3 Å². The predicted molar refractivity (Wildman–Crippen MR) is 107 cm³/mol. The van der Waals surface area contributed by atoms with E-state index in [-0.39, 0.29) is 12.1 Å². The summed E-state index contributed by atoms with van der Waals surface area (Å²) in [5, 5.41) is 3.07. The third-order valence-electron chi connectivity index (χ3n) is 5.49. The molecule has 0 spiro atoms. The van der Waals surface area contributed by atoms with Gasteiger partial charge in [-0.25, -0.2) is 4.79 Å². The Morgan fingerprint density at radius 3 is 2.77 bits per heavy atom. The molecule has 1 aliphatic heterocycles. The molecule has 150 valence electrons. The molecule has 26 heavy (non-hydrogen) atoms. The van der Waals surface area contributed by atoms with Gasteiger partial charge in [-0.2, -0.15) is 0 Å². The number of nitrogens with one attached hydrogen (secondary N) is 1. The minimum absolute atomic E-state index is 0.210. The van der Waals surface area contributed by atoms with Crippen LogP contribution in [0, 0.1) is 11.8 Å². The molecule has 3 atom stereocenters. The lowest BCUT2D eigenvalue weighted by Gasteiger charge is -2.37. The van der Waals surface area contributed by atoms with Gasteiger partial charge in [0.1, 0.15) is 5.60 Å². The number of carbonyl (C=O) groups excluding carboxylic acids is 1. The van der Waals surface area contributed by atoms with Crippen LogP contribution in [0.1, 0.15) is 79.1 Å². The van der Waals surface area contributed by atoms with Crippen LogP contribution in [0.25, 0.3) is 0 Å². The van der Waals surface area contributed by atoms with E-state index in [0.717, 1.165) is 38.1 Å². The third-order valence-corrected chi connectivity index (χ3v) is 5.49. The molecule has 2 rings (SSSR count). The molecule has 1 saturated heterocycles. The predicted octanol–water partition coefficient (Wildman–Crippen LogP) is 4.38. The average Bonchev–Trinajstić information content (AvgIpc) is 2.54. The number of allylic oxidation sites excluding steroid dienone is 2. The SMILES string of the molecule is CCCC1CCN(CN)/C(=C\[C@H]2CCC[C@@H](NC(=O)OC(C)(C)C)C2)C1. The van der Waals surface area contributed by atoms with Crippen molar-refractivity contribution in [3.05, 3.63) is 11.8 Å². The van der Waals surface area contributed by atoms with Crippen LogP contribution in [-0.2, 0) is 4.74 Å². The van der Waals surface area contributed by atoms with Crippen LogP contribution in [0.15, 0.2) is 11.8 Å². The minimum Gasteiger partial charge on any atom is -0.444 e. The molecule has 1 saturated carbocycles. The van der Waals surface area contributed by atoms with E-state index >= 15 is 0 Å². The van der Waals surface area contributed by atoms with Crippen LogP contribution >= 0.6 is 0 Å². The first-order chi connectivity index (χ1) is 12.3. The molecule has 0 aromatic rings. The van der Waals surface area contributed by atoms with Gasteiger partial charge in [0, 0.05) is 18.3 Å². The van der Waals surface area contributed by atoms with Crippen molar-refractivity contribution in [2.75, 3.05) is 13.2 Å².